The van der Waals surface area contributed by atoms with Crippen molar-refractivity contribution in [2.45, 2.75) is 45.7 Å². The van der Waals surface area contributed by atoms with Crippen LogP contribution in [0.5, 0.6) is 0 Å². The average molecular weight is 393 g/mol. The Bertz CT molecular complexity index is 880. The van der Waals surface area contributed by atoms with E-state index in [1.54, 1.807) is 6.92 Å². The van der Waals surface area contributed by atoms with Crippen LogP contribution in [-0.2, 0) is 16.0 Å². The van der Waals surface area contributed by atoms with Crippen LogP contribution in [0.3, 0.4) is 0 Å². The Balaban J connectivity index is 1.57. The van der Waals surface area contributed by atoms with Gasteiger partial charge in [0.25, 0.3) is 5.91 Å². The van der Waals surface area contributed by atoms with Crippen LogP contribution in [0, 0.1) is 6.92 Å². The number of hydrogen-bond acceptors (Lipinski definition) is 3. The van der Waals surface area contributed by atoms with E-state index in [0.717, 1.165) is 23.3 Å². The largest absolute Gasteiger partial charge is 0.352 e. The molecule has 0 aliphatic carbocycles. The third-order valence-corrected chi connectivity index (χ3v) is 5.18. The summed E-state index contributed by atoms with van der Waals surface area (Å²) in [7, 11) is 0. The van der Waals surface area contributed by atoms with E-state index in [9.17, 15) is 14.4 Å². The first kappa shape index (κ1) is 20.6. The van der Waals surface area contributed by atoms with Crippen LogP contribution in [0.4, 0.5) is 10.5 Å². The van der Waals surface area contributed by atoms with E-state index in [4.69, 9.17) is 0 Å². The molecule has 0 unspecified atom stereocenters. The van der Waals surface area contributed by atoms with Gasteiger partial charge in [-0.1, -0.05) is 48.0 Å². The lowest BCUT2D eigenvalue weighted by Crippen LogP contribution is -2.44. The summed E-state index contributed by atoms with van der Waals surface area (Å²) in [6, 6.07) is 16.3. The van der Waals surface area contributed by atoms with Crippen molar-refractivity contribution >= 4 is 23.5 Å². The number of nitrogens with zero attached hydrogens (tertiary/aromatic N) is 2. The lowest BCUT2D eigenvalue weighted by molar-refractivity contribution is -0.132. The van der Waals surface area contributed by atoms with Crippen LogP contribution in [-0.4, -0.2) is 41.4 Å². The topological polar surface area (TPSA) is 69.7 Å². The Morgan fingerprint density at radius 2 is 1.72 bits per heavy atom. The SMILES string of the molecule is Cc1ccc(N2C(=O)N(CC(=O)N[C@H](C)CCc3ccccc3)C(=O)[C@@H]2C)cc1. The lowest BCUT2D eigenvalue weighted by atomic mass is 10.1. The first-order chi connectivity index (χ1) is 13.9. The fraction of sp³-hybridized carbons (Fsp3) is 0.348. The van der Waals surface area contributed by atoms with Gasteiger partial charge >= 0.3 is 6.03 Å². The van der Waals surface area contributed by atoms with Crippen molar-refractivity contribution in [2.75, 3.05) is 11.4 Å². The number of carbonyl (C=O) groups is 3. The van der Waals surface area contributed by atoms with Crippen molar-refractivity contribution in [1.82, 2.24) is 10.2 Å². The van der Waals surface area contributed by atoms with E-state index in [0.29, 0.717) is 5.69 Å². The molecule has 2 aromatic rings. The number of aryl methyl sites for hydroxylation is 2. The molecule has 0 radical (unpaired) electrons. The van der Waals surface area contributed by atoms with Gasteiger partial charge in [0.05, 0.1) is 0 Å². The van der Waals surface area contributed by atoms with Gasteiger partial charge < -0.3 is 5.32 Å². The molecule has 2 atom stereocenters. The number of nitrogens with one attached hydrogen (secondary N) is 1. The van der Waals surface area contributed by atoms with Crippen molar-refractivity contribution in [2.24, 2.45) is 0 Å². The number of imide groups is 1. The third-order valence-electron chi connectivity index (χ3n) is 5.18. The predicted octanol–water partition coefficient (Wildman–Crippen LogP) is 3.29. The second-order valence-electron chi connectivity index (χ2n) is 7.58. The number of amides is 4. The molecule has 1 saturated heterocycles. The molecule has 6 heteroatoms. The molecule has 2 aromatic carbocycles. The van der Waals surface area contributed by atoms with E-state index in [1.165, 1.54) is 10.5 Å². The van der Waals surface area contributed by atoms with E-state index in [2.05, 4.69) is 17.4 Å². The summed E-state index contributed by atoms with van der Waals surface area (Å²) in [4.78, 5) is 40.3. The number of urea groups is 1. The number of benzene rings is 2. The quantitative estimate of drug-likeness (QED) is 0.734. The third kappa shape index (κ3) is 4.83. The molecule has 0 saturated carbocycles. The Morgan fingerprint density at radius 1 is 1.07 bits per heavy atom. The normalized spacial score (nSPS) is 17.6. The molecule has 0 spiro atoms. The highest BCUT2D eigenvalue weighted by Gasteiger charge is 2.44. The maximum Gasteiger partial charge on any atom is 0.332 e. The maximum atomic E-state index is 12.8. The minimum absolute atomic E-state index is 0.0545. The van der Waals surface area contributed by atoms with Crippen LogP contribution in [0.25, 0.3) is 0 Å². The standard InChI is InChI=1S/C23H27N3O3/c1-16-9-13-20(14-10-16)26-18(3)22(28)25(23(26)29)15-21(27)24-17(2)11-12-19-7-5-4-6-8-19/h4-10,13-14,17-18H,11-12,15H2,1-3H3,(H,24,27)/t17-,18+/m1/s1. The fourth-order valence-electron chi connectivity index (χ4n) is 3.47. The Hall–Kier alpha value is -3.15. The highest BCUT2D eigenvalue weighted by atomic mass is 16.2. The summed E-state index contributed by atoms with van der Waals surface area (Å²) in [5.74, 6) is -0.687. The fourth-order valence-corrected chi connectivity index (χ4v) is 3.47. The average Bonchev–Trinajstić information content (AvgIpc) is 2.91. The minimum atomic E-state index is -0.631. The number of hydrogen-bond donors (Lipinski definition) is 1. The van der Waals surface area contributed by atoms with Gasteiger partial charge in [0.1, 0.15) is 12.6 Å². The van der Waals surface area contributed by atoms with Gasteiger partial charge in [-0.3, -0.25) is 19.4 Å². The number of anilines is 1. The zero-order valence-corrected chi connectivity index (χ0v) is 17.1. The van der Waals surface area contributed by atoms with Gasteiger partial charge in [-0.2, -0.15) is 0 Å². The second-order valence-corrected chi connectivity index (χ2v) is 7.58. The monoisotopic (exact) mass is 393 g/mol. The zero-order valence-electron chi connectivity index (χ0n) is 17.1. The molecule has 0 bridgehead atoms. The Labute approximate surface area is 171 Å². The molecule has 1 fully saturated rings. The molecule has 3 rings (SSSR count). The summed E-state index contributed by atoms with van der Waals surface area (Å²) >= 11 is 0. The summed E-state index contributed by atoms with van der Waals surface area (Å²) < 4.78 is 0. The first-order valence-corrected chi connectivity index (χ1v) is 9.91. The summed E-state index contributed by atoms with van der Waals surface area (Å²) in [5, 5.41) is 2.89. The van der Waals surface area contributed by atoms with E-state index in [1.807, 2.05) is 56.3 Å². The molecular weight excluding hydrogens is 366 g/mol. The molecule has 29 heavy (non-hydrogen) atoms. The van der Waals surface area contributed by atoms with Crippen molar-refractivity contribution in [3.8, 4) is 0 Å². The van der Waals surface area contributed by atoms with Crippen molar-refractivity contribution in [1.29, 1.82) is 0 Å². The molecule has 1 heterocycles. The molecule has 152 valence electrons. The molecule has 1 aliphatic rings. The van der Waals surface area contributed by atoms with Crippen LogP contribution in [0.2, 0.25) is 0 Å². The Kier molecular flexibility index (Phi) is 6.32. The van der Waals surface area contributed by atoms with Crippen molar-refractivity contribution in [3.63, 3.8) is 0 Å². The Morgan fingerprint density at radius 3 is 2.38 bits per heavy atom. The van der Waals surface area contributed by atoms with Gasteiger partial charge in [-0.15, -0.1) is 0 Å². The lowest BCUT2D eigenvalue weighted by Gasteiger charge is -2.20. The van der Waals surface area contributed by atoms with Crippen molar-refractivity contribution < 1.29 is 14.4 Å². The van der Waals surface area contributed by atoms with Gasteiger partial charge in [-0.05, 0) is 51.3 Å². The minimum Gasteiger partial charge on any atom is -0.352 e. The highest BCUT2D eigenvalue weighted by molar-refractivity contribution is 6.15. The van der Waals surface area contributed by atoms with Crippen molar-refractivity contribution in [3.05, 3.63) is 65.7 Å². The smallest absolute Gasteiger partial charge is 0.332 e. The van der Waals surface area contributed by atoms with Gasteiger partial charge in [0, 0.05) is 11.7 Å². The number of rotatable bonds is 7. The van der Waals surface area contributed by atoms with Crippen LogP contribution < -0.4 is 10.2 Å². The summed E-state index contributed by atoms with van der Waals surface area (Å²) in [5.41, 5.74) is 2.93. The first-order valence-electron chi connectivity index (χ1n) is 9.91. The molecule has 4 amide bonds. The van der Waals surface area contributed by atoms with Crippen LogP contribution in [0.1, 0.15) is 31.4 Å². The van der Waals surface area contributed by atoms with Gasteiger partial charge in [-0.25, -0.2) is 4.79 Å². The van der Waals surface area contributed by atoms with Gasteiger partial charge in [0.2, 0.25) is 5.91 Å². The highest BCUT2D eigenvalue weighted by Crippen LogP contribution is 2.25. The zero-order chi connectivity index (χ0) is 21.0. The number of carbonyl (C=O) groups excluding carboxylic acids is 3. The molecule has 6 nitrogen and oxygen atoms in total. The maximum absolute atomic E-state index is 12.8. The second kappa shape index (κ2) is 8.90. The molecule has 1 aliphatic heterocycles. The predicted molar refractivity (Wildman–Crippen MR) is 113 cm³/mol. The van der Waals surface area contributed by atoms with E-state index in [-0.39, 0.29) is 24.4 Å². The van der Waals surface area contributed by atoms with E-state index < -0.39 is 12.1 Å². The van der Waals surface area contributed by atoms with E-state index >= 15 is 0 Å². The molecule has 0 aromatic heterocycles. The van der Waals surface area contributed by atoms with Crippen LogP contribution >= 0.6 is 0 Å². The molecule has 1 N–H and O–H groups in total. The molecular formula is C23H27N3O3. The summed E-state index contributed by atoms with van der Waals surface area (Å²) in [6.07, 6.45) is 1.63. The summed E-state index contributed by atoms with van der Waals surface area (Å²) in [6.45, 7) is 5.30. The van der Waals surface area contributed by atoms with Crippen LogP contribution in [0.15, 0.2) is 54.6 Å². The van der Waals surface area contributed by atoms with Gasteiger partial charge in [0.15, 0.2) is 0 Å².